The summed E-state index contributed by atoms with van der Waals surface area (Å²) in [5.74, 6) is 0.780. The van der Waals surface area contributed by atoms with Crippen molar-refractivity contribution in [2.45, 2.75) is 51.7 Å². The van der Waals surface area contributed by atoms with Crippen molar-refractivity contribution >= 4 is 11.9 Å². The Morgan fingerprint density at radius 2 is 1.83 bits per heavy atom. The quantitative estimate of drug-likeness (QED) is 0.628. The molecular weight excluding hydrogens is 366 g/mol. The summed E-state index contributed by atoms with van der Waals surface area (Å²) in [6.07, 6.45) is 7.01. The molecule has 0 saturated carbocycles. The van der Waals surface area contributed by atoms with E-state index in [0.29, 0.717) is 5.92 Å². The Hall–Kier alpha value is -2.47. The highest BCUT2D eigenvalue weighted by Crippen LogP contribution is 2.27. The van der Waals surface area contributed by atoms with Gasteiger partial charge in [-0.25, -0.2) is 14.8 Å². The number of hydrogen-bond donors (Lipinski definition) is 0. The van der Waals surface area contributed by atoms with Crippen LogP contribution in [0.3, 0.4) is 0 Å². The maximum Gasteiger partial charge on any atom is 0.340 e. The zero-order valence-corrected chi connectivity index (χ0v) is 17.6. The van der Waals surface area contributed by atoms with Crippen molar-refractivity contribution in [2.75, 3.05) is 25.1 Å². The molecule has 2 atom stereocenters. The summed E-state index contributed by atoms with van der Waals surface area (Å²) in [7, 11) is 1.54. The Labute approximate surface area is 173 Å². The van der Waals surface area contributed by atoms with Crippen LogP contribution in [0.1, 0.15) is 50.3 Å². The number of nitrogens with zero attached hydrogens (tertiary/aromatic N) is 3. The van der Waals surface area contributed by atoms with Gasteiger partial charge in [-0.05, 0) is 43.2 Å². The molecule has 2 aromatic rings. The first-order valence-corrected chi connectivity index (χ1v) is 10.5. The second-order valence-corrected chi connectivity index (χ2v) is 7.63. The standard InChI is InChI=1S/C23H31N3O3/c1-4-8-18-15-24-23(25-16-18)26-13-11-19(12-14-26)17(2)29-22(27)21(28-3)20-9-6-5-7-10-20/h5-7,9-10,15-17,19,21H,4,8,11-14H2,1-3H3/t17-,21?/m0/s1. The van der Waals surface area contributed by atoms with E-state index in [1.54, 1.807) is 0 Å². The summed E-state index contributed by atoms with van der Waals surface area (Å²) < 4.78 is 11.2. The molecule has 1 fully saturated rings. The van der Waals surface area contributed by atoms with Gasteiger partial charge in [0.05, 0.1) is 0 Å². The molecule has 2 heterocycles. The molecule has 1 aliphatic heterocycles. The number of methoxy groups -OCH3 is 1. The third kappa shape index (κ3) is 5.54. The maximum absolute atomic E-state index is 12.6. The van der Waals surface area contributed by atoms with E-state index >= 15 is 0 Å². The fourth-order valence-electron chi connectivity index (χ4n) is 3.84. The first kappa shape index (κ1) is 21.2. The number of carbonyl (C=O) groups is 1. The number of hydrogen-bond acceptors (Lipinski definition) is 6. The fraction of sp³-hybridized carbons (Fsp3) is 0.522. The summed E-state index contributed by atoms with van der Waals surface area (Å²) in [5, 5.41) is 0. The lowest BCUT2D eigenvalue weighted by Crippen LogP contribution is -2.39. The summed E-state index contributed by atoms with van der Waals surface area (Å²) in [5.41, 5.74) is 1.99. The van der Waals surface area contributed by atoms with Crippen molar-refractivity contribution < 1.29 is 14.3 Å². The summed E-state index contributed by atoms with van der Waals surface area (Å²) >= 11 is 0. The molecule has 1 aromatic carbocycles. The minimum absolute atomic E-state index is 0.154. The molecule has 156 valence electrons. The molecule has 0 aliphatic carbocycles. The van der Waals surface area contributed by atoms with Gasteiger partial charge in [0.25, 0.3) is 0 Å². The normalized spacial score (nSPS) is 17.0. The highest BCUT2D eigenvalue weighted by Gasteiger charge is 2.30. The minimum Gasteiger partial charge on any atom is -0.460 e. The first-order chi connectivity index (χ1) is 14.1. The summed E-state index contributed by atoms with van der Waals surface area (Å²) in [6.45, 7) is 5.87. The lowest BCUT2D eigenvalue weighted by atomic mass is 9.92. The lowest BCUT2D eigenvalue weighted by molar-refractivity contribution is -0.163. The van der Waals surface area contributed by atoms with Crippen LogP contribution >= 0.6 is 0 Å². The van der Waals surface area contributed by atoms with Crippen molar-refractivity contribution in [3.8, 4) is 0 Å². The van der Waals surface area contributed by atoms with E-state index < -0.39 is 6.10 Å². The van der Waals surface area contributed by atoms with E-state index in [1.165, 1.54) is 12.7 Å². The van der Waals surface area contributed by atoms with Crippen LogP contribution in [-0.4, -0.2) is 42.2 Å². The smallest absolute Gasteiger partial charge is 0.340 e. The van der Waals surface area contributed by atoms with Gasteiger partial charge in [-0.3, -0.25) is 0 Å². The second kappa shape index (κ2) is 10.3. The fourth-order valence-corrected chi connectivity index (χ4v) is 3.84. The summed E-state index contributed by atoms with van der Waals surface area (Å²) in [4.78, 5) is 23.9. The molecule has 0 radical (unpaired) electrons. The molecule has 1 unspecified atom stereocenters. The molecule has 6 heteroatoms. The van der Waals surface area contributed by atoms with E-state index in [2.05, 4.69) is 21.8 Å². The van der Waals surface area contributed by atoms with Gasteiger partial charge in [0.2, 0.25) is 5.95 Å². The minimum atomic E-state index is -0.686. The van der Waals surface area contributed by atoms with Crippen LogP contribution in [0.15, 0.2) is 42.7 Å². The molecule has 29 heavy (non-hydrogen) atoms. The highest BCUT2D eigenvalue weighted by molar-refractivity contribution is 5.76. The topological polar surface area (TPSA) is 64.6 Å². The van der Waals surface area contributed by atoms with Crippen molar-refractivity contribution in [1.29, 1.82) is 0 Å². The number of benzene rings is 1. The van der Waals surface area contributed by atoms with Crippen LogP contribution in [0.25, 0.3) is 0 Å². The number of aryl methyl sites for hydroxylation is 1. The molecular formula is C23H31N3O3. The van der Waals surface area contributed by atoms with E-state index in [-0.39, 0.29) is 12.1 Å². The van der Waals surface area contributed by atoms with Gasteiger partial charge in [0, 0.05) is 32.6 Å². The molecule has 0 bridgehead atoms. The van der Waals surface area contributed by atoms with Crippen LogP contribution in [0.5, 0.6) is 0 Å². The number of aromatic nitrogens is 2. The maximum atomic E-state index is 12.6. The predicted octanol–water partition coefficient (Wildman–Crippen LogP) is 3.96. The Kier molecular flexibility index (Phi) is 7.58. The van der Waals surface area contributed by atoms with Crippen LogP contribution < -0.4 is 4.90 Å². The molecule has 6 nitrogen and oxygen atoms in total. The first-order valence-electron chi connectivity index (χ1n) is 10.5. The Morgan fingerprint density at radius 3 is 2.41 bits per heavy atom. The Balaban J connectivity index is 1.51. The van der Waals surface area contributed by atoms with Crippen molar-refractivity contribution in [1.82, 2.24) is 9.97 Å². The third-order valence-electron chi connectivity index (χ3n) is 5.57. The van der Waals surface area contributed by atoms with E-state index in [9.17, 15) is 4.79 Å². The highest BCUT2D eigenvalue weighted by atomic mass is 16.6. The van der Waals surface area contributed by atoms with Crippen LogP contribution in [0, 0.1) is 5.92 Å². The van der Waals surface area contributed by atoms with Gasteiger partial charge in [-0.2, -0.15) is 0 Å². The molecule has 3 rings (SSSR count). The van der Waals surface area contributed by atoms with Crippen LogP contribution in [-0.2, 0) is 20.7 Å². The number of rotatable bonds is 8. The van der Waals surface area contributed by atoms with Crippen molar-refractivity contribution in [2.24, 2.45) is 5.92 Å². The number of anilines is 1. The second-order valence-electron chi connectivity index (χ2n) is 7.63. The number of ether oxygens (including phenoxy) is 2. The zero-order chi connectivity index (χ0) is 20.6. The zero-order valence-electron chi connectivity index (χ0n) is 17.6. The monoisotopic (exact) mass is 397 g/mol. The Bertz CT molecular complexity index is 759. The van der Waals surface area contributed by atoms with Crippen molar-refractivity contribution in [3.63, 3.8) is 0 Å². The molecule has 1 aromatic heterocycles. The van der Waals surface area contributed by atoms with Gasteiger partial charge in [0.15, 0.2) is 6.10 Å². The molecule has 0 N–H and O–H groups in total. The van der Waals surface area contributed by atoms with E-state index in [0.717, 1.165) is 50.3 Å². The van der Waals surface area contributed by atoms with Gasteiger partial charge >= 0.3 is 5.97 Å². The molecule has 0 spiro atoms. The van der Waals surface area contributed by atoms with Crippen LogP contribution in [0.2, 0.25) is 0 Å². The van der Waals surface area contributed by atoms with Gasteiger partial charge in [0.1, 0.15) is 6.10 Å². The van der Waals surface area contributed by atoms with Gasteiger partial charge in [-0.1, -0.05) is 43.7 Å². The van der Waals surface area contributed by atoms with Crippen LogP contribution in [0.4, 0.5) is 5.95 Å². The summed E-state index contributed by atoms with van der Waals surface area (Å²) in [6, 6.07) is 9.46. The lowest BCUT2D eigenvalue weighted by Gasteiger charge is -2.34. The van der Waals surface area contributed by atoms with Gasteiger partial charge in [-0.15, -0.1) is 0 Å². The molecule has 0 amide bonds. The van der Waals surface area contributed by atoms with E-state index in [1.807, 2.05) is 49.6 Å². The molecule has 1 saturated heterocycles. The van der Waals surface area contributed by atoms with Crippen molar-refractivity contribution in [3.05, 3.63) is 53.9 Å². The average molecular weight is 398 g/mol. The Morgan fingerprint density at radius 1 is 1.17 bits per heavy atom. The average Bonchev–Trinajstić information content (AvgIpc) is 2.76. The van der Waals surface area contributed by atoms with Gasteiger partial charge < -0.3 is 14.4 Å². The molecule has 1 aliphatic rings. The SMILES string of the molecule is CCCc1cnc(N2CCC([C@H](C)OC(=O)C(OC)c3ccccc3)CC2)nc1. The predicted molar refractivity (Wildman–Crippen MR) is 113 cm³/mol. The van der Waals surface area contributed by atoms with E-state index in [4.69, 9.17) is 9.47 Å². The number of esters is 1. The third-order valence-corrected chi connectivity index (χ3v) is 5.57. The number of piperidine rings is 1. The number of carbonyl (C=O) groups excluding carboxylic acids is 1. The largest absolute Gasteiger partial charge is 0.460 e.